The fourth-order valence-corrected chi connectivity index (χ4v) is 3.72. The first-order valence-corrected chi connectivity index (χ1v) is 10.6. The Morgan fingerprint density at radius 3 is 1.91 bits per heavy atom. The predicted molar refractivity (Wildman–Crippen MR) is 103 cm³/mol. The Morgan fingerprint density at radius 1 is 0.727 bits per heavy atom. The Kier molecular flexibility index (Phi) is 13.8. The molecule has 0 bridgehead atoms. The van der Waals surface area contributed by atoms with Gasteiger partial charge in [0.2, 0.25) is 0 Å². The summed E-state index contributed by atoms with van der Waals surface area (Å²) in [5.74, 6) is 2.68. The van der Waals surface area contributed by atoms with Gasteiger partial charge in [-0.1, -0.05) is 89.0 Å². The molecular formula is C21H35S. The molecule has 0 atom stereocenters. The molecule has 0 fully saturated rings. The number of hydrogen-bond donors (Lipinski definition) is 0. The average molecular weight is 320 g/mol. The largest absolute Gasteiger partial charge is 0.162 e. The van der Waals surface area contributed by atoms with Crippen LogP contribution in [0, 0.1) is 6.07 Å². The Labute approximate surface area is 143 Å². The van der Waals surface area contributed by atoms with E-state index in [1.807, 2.05) is 12.1 Å². The molecule has 1 aromatic rings. The van der Waals surface area contributed by atoms with Crippen molar-refractivity contribution in [3.05, 3.63) is 35.9 Å². The number of hydrogen-bond acceptors (Lipinski definition) is 1. The van der Waals surface area contributed by atoms with Gasteiger partial charge in [-0.15, -0.1) is 0 Å². The number of unbranched alkanes of at least 4 members (excludes halogenated alkanes) is 9. The van der Waals surface area contributed by atoms with Crippen LogP contribution < -0.4 is 0 Å². The van der Waals surface area contributed by atoms with Gasteiger partial charge in [0.05, 0.1) is 0 Å². The quantitative estimate of drug-likeness (QED) is 0.311. The smallest absolute Gasteiger partial charge is 0.00644 e. The lowest BCUT2D eigenvalue weighted by atomic mass is 10.1. The van der Waals surface area contributed by atoms with Gasteiger partial charge in [0.1, 0.15) is 0 Å². The normalized spacial score (nSPS) is 11.0. The van der Waals surface area contributed by atoms with E-state index >= 15 is 0 Å². The van der Waals surface area contributed by atoms with E-state index < -0.39 is 0 Å². The zero-order valence-corrected chi connectivity index (χ0v) is 15.4. The van der Waals surface area contributed by atoms with Crippen molar-refractivity contribution >= 4 is 11.8 Å². The van der Waals surface area contributed by atoms with E-state index in [0.717, 1.165) is 0 Å². The fourth-order valence-electron chi connectivity index (χ4n) is 2.76. The van der Waals surface area contributed by atoms with Crippen LogP contribution >= 0.6 is 11.8 Å². The first-order chi connectivity index (χ1) is 10.9. The summed E-state index contributed by atoms with van der Waals surface area (Å²) in [4.78, 5) is 0. The molecule has 0 N–H and O–H groups in total. The molecule has 1 radical (unpaired) electrons. The lowest BCUT2D eigenvalue weighted by molar-refractivity contribution is 0.563. The van der Waals surface area contributed by atoms with Gasteiger partial charge in [0.15, 0.2) is 0 Å². The Balaban J connectivity index is 1.73. The first-order valence-electron chi connectivity index (χ1n) is 9.46. The van der Waals surface area contributed by atoms with Crippen LogP contribution in [-0.2, 0) is 6.42 Å². The molecule has 125 valence electrons. The monoisotopic (exact) mass is 319 g/mol. The maximum Gasteiger partial charge on any atom is -0.00644 e. The molecule has 0 aliphatic rings. The van der Waals surface area contributed by atoms with Crippen LogP contribution in [0.5, 0.6) is 0 Å². The molecular weight excluding hydrogens is 284 g/mol. The van der Waals surface area contributed by atoms with Gasteiger partial charge in [0.25, 0.3) is 0 Å². The van der Waals surface area contributed by atoms with Crippen LogP contribution in [0.2, 0.25) is 0 Å². The summed E-state index contributed by atoms with van der Waals surface area (Å²) in [5.41, 5.74) is 1.46. The summed E-state index contributed by atoms with van der Waals surface area (Å²) in [6.45, 7) is 2.29. The van der Waals surface area contributed by atoms with Crippen LogP contribution in [-0.4, -0.2) is 11.5 Å². The van der Waals surface area contributed by atoms with Crippen molar-refractivity contribution in [2.45, 2.75) is 84.0 Å². The molecule has 0 aliphatic heterocycles. The second-order valence-electron chi connectivity index (χ2n) is 6.31. The molecule has 1 rings (SSSR count). The van der Waals surface area contributed by atoms with Crippen molar-refractivity contribution in [1.82, 2.24) is 0 Å². The maximum atomic E-state index is 3.08. The van der Waals surface area contributed by atoms with Crippen molar-refractivity contribution < 1.29 is 0 Å². The molecule has 0 heterocycles. The minimum absolute atomic E-state index is 1.22. The second kappa shape index (κ2) is 15.5. The van der Waals surface area contributed by atoms with Crippen molar-refractivity contribution in [2.75, 3.05) is 11.5 Å². The van der Waals surface area contributed by atoms with Crippen molar-refractivity contribution in [3.63, 3.8) is 0 Å². The Morgan fingerprint density at radius 2 is 1.27 bits per heavy atom. The summed E-state index contributed by atoms with van der Waals surface area (Å²) in [6, 6.07) is 11.5. The highest BCUT2D eigenvalue weighted by Crippen LogP contribution is 2.13. The Bertz CT molecular complexity index is 320. The summed E-state index contributed by atoms with van der Waals surface area (Å²) in [6.07, 6.45) is 16.9. The second-order valence-corrected chi connectivity index (χ2v) is 7.53. The highest BCUT2D eigenvalue weighted by atomic mass is 32.2. The zero-order valence-electron chi connectivity index (χ0n) is 14.6. The van der Waals surface area contributed by atoms with E-state index in [1.54, 1.807) is 0 Å². The van der Waals surface area contributed by atoms with Crippen LogP contribution in [0.4, 0.5) is 0 Å². The lowest BCUT2D eigenvalue weighted by Gasteiger charge is -2.03. The third-order valence-electron chi connectivity index (χ3n) is 4.18. The number of aryl methyl sites for hydroxylation is 1. The molecule has 0 aromatic heterocycles. The standard InChI is InChI=1S/C21H35S/c1-2-3-4-5-6-7-8-9-10-14-19-22-20-15-18-21-16-12-11-13-17-21/h12-13,16-17H,2-10,14-15,18-20H2,1H3. The van der Waals surface area contributed by atoms with E-state index in [2.05, 4.69) is 36.9 Å². The Hall–Kier alpha value is -0.430. The van der Waals surface area contributed by atoms with E-state index in [0.29, 0.717) is 0 Å². The van der Waals surface area contributed by atoms with Gasteiger partial charge in [-0.3, -0.25) is 0 Å². The van der Waals surface area contributed by atoms with E-state index in [9.17, 15) is 0 Å². The number of thioether (sulfide) groups is 1. The van der Waals surface area contributed by atoms with Crippen molar-refractivity contribution in [3.8, 4) is 0 Å². The van der Waals surface area contributed by atoms with Gasteiger partial charge in [-0.2, -0.15) is 11.8 Å². The zero-order chi connectivity index (χ0) is 15.7. The third kappa shape index (κ3) is 12.1. The van der Waals surface area contributed by atoms with Gasteiger partial charge >= 0.3 is 0 Å². The summed E-state index contributed by atoms with van der Waals surface area (Å²) >= 11 is 2.14. The van der Waals surface area contributed by atoms with Crippen molar-refractivity contribution in [1.29, 1.82) is 0 Å². The van der Waals surface area contributed by atoms with Gasteiger partial charge in [-0.05, 0) is 42.4 Å². The summed E-state index contributed by atoms with van der Waals surface area (Å²) in [5, 5.41) is 0. The molecule has 0 aliphatic carbocycles. The van der Waals surface area contributed by atoms with Gasteiger partial charge in [0, 0.05) is 0 Å². The van der Waals surface area contributed by atoms with Gasteiger partial charge in [-0.25, -0.2) is 0 Å². The third-order valence-corrected chi connectivity index (χ3v) is 5.34. The molecule has 0 amide bonds. The van der Waals surface area contributed by atoms with E-state index in [1.165, 1.54) is 94.1 Å². The van der Waals surface area contributed by atoms with Crippen LogP contribution in [0.25, 0.3) is 0 Å². The maximum absolute atomic E-state index is 3.08. The van der Waals surface area contributed by atoms with Crippen molar-refractivity contribution in [2.24, 2.45) is 0 Å². The lowest BCUT2D eigenvalue weighted by Crippen LogP contribution is -1.89. The fraction of sp³-hybridized carbons (Fsp3) is 0.714. The predicted octanol–water partition coefficient (Wildman–Crippen LogP) is 7.07. The minimum Gasteiger partial charge on any atom is -0.162 e. The molecule has 0 nitrogen and oxygen atoms in total. The molecule has 0 spiro atoms. The molecule has 22 heavy (non-hydrogen) atoms. The van der Waals surface area contributed by atoms with E-state index in [4.69, 9.17) is 0 Å². The van der Waals surface area contributed by atoms with Gasteiger partial charge < -0.3 is 0 Å². The average Bonchev–Trinajstić information content (AvgIpc) is 2.56. The van der Waals surface area contributed by atoms with Crippen LogP contribution in [0.3, 0.4) is 0 Å². The topological polar surface area (TPSA) is 0 Å². The number of benzene rings is 1. The highest BCUT2D eigenvalue weighted by Gasteiger charge is 1.95. The minimum atomic E-state index is 1.22. The SMILES string of the molecule is CCCCCCCCCCCCSCCCc1cc[c]cc1. The molecule has 1 heteroatoms. The molecule has 1 aromatic carbocycles. The molecule has 0 unspecified atom stereocenters. The highest BCUT2D eigenvalue weighted by molar-refractivity contribution is 7.99. The summed E-state index contributed by atoms with van der Waals surface area (Å²) in [7, 11) is 0. The van der Waals surface area contributed by atoms with E-state index in [-0.39, 0.29) is 0 Å². The summed E-state index contributed by atoms with van der Waals surface area (Å²) < 4.78 is 0. The number of rotatable bonds is 15. The molecule has 0 saturated heterocycles. The van der Waals surface area contributed by atoms with Crippen LogP contribution in [0.15, 0.2) is 24.3 Å². The van der Waals surface area contributed by atoms with Crippen LogP contribution in [0.1, 0.15) is 83.1 Å². The molecule has 0 saturated carbocycles. The first kappa shape index (κ1) is 19.6.